The third-order valence-corrected chi connectivity index (χ3v) is 6.56. The van der Waals surface area contributed by atoms with Crippen LogP contribution in [0, 0.1) is 18.3 Å². The van der Waals surface area contributed by atoms with Crippen LogP contribution in [-0.4, -0.2) is 26.2 Å². The van der Waals surface area contributed by atoms with E-state index in [9.17, 15) is 10.1 Å². The van der Waals surface area contributed by atoms with Gasteiger partial charge in [0.15, 0.2) is 4.38 Å². The van der Waals surface area contributed by atoms with Gasteiger partial charge in [-0.2, -0.15) is 20.1 Å². The van der Waals surface area contributed by atoms with Crippen LogP contribution < -0.4 is 10.6 Å². The van der Waals surface area contributed by atoms with Crippen LogP contribution in [0.25, 0.3) is 5.69 Å². The van der Waals surface area contributed by atoms with Crippen LogP contribution in [-0.2, 0) is 5.75 Å². The molecule has 0 aliphatic carbocycles. The van der Waals surface area contributed by atoms with Gasteiger partial charge >= 0.3 is 0 Å². The second-order valence-electron chi connectivity index (χ2n) is 6.33. The maximum atomic E-state index is 13.0. The van der Waals surface area contributed by atoms with E-state index in [1.165, 1.54) is 28.2 Å². The molecule has 144 valence electrons. The lowest BCUT2D eigenvalue weighted by molar-refractivity contribution is 0.770. The third-order valence-electron chi connectivity index (χ3n) is 4.33. The van der Waals surface area contributed by atoms with Gasteiger partial charge in [-0.1, -0.05) is 35.7 Å². The van der Waals surface area contributed by atoms with E-state index in [0.717, 1.165) is 15.5 Å². The van der Waals surface area contributed by atoms with Crippen LogP contribution in [0.4, 0.5) is 5.69 Å². The van der Waals surface area contributed by atoms with Crippen molar-refractivity contribution in [2.24, 2.45) is 5.10 Å². The summed E-state index contributed by atoms with van der Waals surface area (Å²) in [5.74, 6) is 0.599. The summed E-state index contributed by atoms with van der Waals surface area (Å²) in [5.41, 5.74) is 3.79. The number of anilines is 1. The van der Waals surface area contributed by atoms with Gasteiger partial charge in [0.2, 0.25) is 0 Å². The molecular formula is C20H16N6OS2. The summed E-state index contributed by atoms with van der Waals surface area (Å²) in [7, 11) is 1.80. The highest BCUT2D eigenvalue weighted by molar-refractivity contribution is 8.38. The van der Waals surface area contributed by atoms with Gasteiger partial charge in [0, 0.05) is 25.2 Å². The molecule has 1 aliphatic heterocycles. The molecule has 0 saturated carbocycles. The number of benzene rings is 1. The van der Waals surface area contributed by atoms with Crippen LogP contribution in [0.1, 0.15) is 16.7 Å². The first-order valence-electron chi connectivity index (χ1n) is 8.72. The minimum Gasteiger partial charge on any atom is -0.266 e. The fourth-order valence-electron chi connectivity index (χ4n) is 2.83. The minimum atomic E-state index is -0.202. The molecule has 1 aliphatic rings. The molecule has 0 spiro atoms. The molecule has 0 atom stereocenters. The molecule has 1 aromatic carbocycles. The van der Waals surface area contributed by atoms with Crippen molar-refractivity contribution < 1.29 is 0 Å². The molecule has 4 rings (SSSR count). The highest BCUT2D eigenvalue weighted by atomic mass is 32.2. The van der Waals surface area contributed by atoms with Crippen molar-refractivity contribution in [3.8, 4) is 11.8 Å². The molecule has 0 bridgehead atoms. The molecule has 9 heteroatoms. The molecule has 7 nitrogen and oxygen atoms in total. The van der Waals surface area contributed by atoms with E-state index in [1.807, 2.05) is 25.1 Å². The molecular weight excluding hydrogens is 404 g/mol. The van der Waals surface area contributed by atoms with Crippen molar-refractivity contribution in [2.75, 3.05) is 12.1 Å². The number of nitriles is 1. The number of hydrogen-bond acceptors (Lipinski definition) is 8. The molecule has 0 radical (unpaired) electrons. The highest BCUT2D eigenvalue weighted by Crippen LogP contribution is 2.36. The van der Waals surface area contributed by atoms with E-state index in [4.69, 9.17) is 0 Å². The fraction of sp³-hybridized carbons (Fsp3) is 0.150. The summed E-state index contributed by atoms with van der Waals surface area (Å²) < 4.78 is 2.11. The second kappa shape index (κ2) is 8.11. The number of pyridine rings is 1. The Hall–Kier alpha value is -3.09. The lowest BCUT2D eigenvalue weighted by Crippen LogP contribution is -2.28. The quantitative estimate of drug-likeness (QED) is 0.640. The smallest absolute Gasteiger partial charge is 0.266 e. The minimum absolute atomic E-state index is 0.202. The third kappa shape index (κ3) is 3.90. The molecule has 0 fully saturated rings. The highest BCUT2D eigenvalue weighted by Gasteiger charge is 2.23. The van der Waals surface area contributed by atoms with Crippen LogP contribution in [0.15, 0.2) is 63.7 Å². The number of aryl methyl sites for hydroxylation is 1. The second-order valence-corrected chi connectivity index (χ2v) is 8.56. The van der Waals surface area contributed by atoms with E-state index < -0.39 is 0 Å². The summed E-state index contributed by atoms with van der Waals surface area (Å²) in [4.78, 5) is 17.6. The van der Waals surface area contributed by atoms with Crippen molar-refractivity contribution in [3.63, 3.8) is 0 Å². The van der Waals surface area contributed by atoms with Crippen molar-refractivity contribution >= 4 is 33.6 Å². The van der Waals surface area contributed by atoms with E-state index >= 15 is 0 Å². The van der Waals surface area contributed by atoms with Crippen LogP contribution >= 0.6 is 23.5 Å². The zero-order valence-electron chi connectivity index (χ0n) is 15.7. The molecule has 0 saturated heterocycles. The Morgan fingerprint density at radius 2 is 2.03 bits per heavy atom. The van der Waals surface area contributed by atoms with Gasteiger partial charge in [-0.25, -0.2) is 0 Å². The Bertz CT molecular complexity index is 1200. The summed E-state index contributed by atoms with van der Waals surface area (Å²) in [6.45, 7) is 1.96. The molecule has 0 unspecified atom stereocenters. The number of hydrazone groups is 1. The lowest BCUT2D eigenvalue weighted by atomic mass is 10.1. The Morgan fingerprint density at radius 1 is 1.24 bits per heavy atom. The van der Waals surface area contributed by atoms with Gasteiger partial charge < -0.3 is 0 Å². The lowest BCUT2D eigenvalue weighted by Gasteiger charge is -2.23. The number of nitrogens with zero attached hydrogens (tertiary/aromatic N) is 6. The largest absolute Gasteiger partial charge is 0.287 e. The predicted octanol–water partition coefficient (Wildman–Crippen LogP) is 3.55. The molecule has 3 heterocycles. The van der Waals surface area contributed by atoms with Gasteiger partial charge in [0.05, 0.1) is 29.2 Å². The van der Waals surface area contributed by atoms with Gasteiger partial charge in [-0.3, -0.25) is 14.8 Å². The van der Waals surface area contributed by atoms with Gasteiger partial charge in [0.1, 0.15) is 4.90 Å². The standard InChI is InChI=1S/C20H16N6OS2/c1-13-3-4-14(15(9-13)10-21)12-28-20-24-25(2)17-11-23-26(19(27)18(17)29-20)16-5-7-22-8-6-16/h3-9,11H,12H2,1-2H3. The van der Waals surface area contributed by atoms with Gasteiger partial charge in [-0.05, 0) is 36.2 Å². The molecule has 2 aromatic heterocycles. The SMILES string of the molecule is Cc1ccc(CSC2=NN(C)c3cnn(-c4ccncc4)c(=O)c3S2)c(C#N)c1. The molecule has 29 heavy (non-hydrogen) atoms. The number of hydrogen-bond donors (Lipinski definition) is 0. The van der Waals surface area contributed by atoms with Crippen LogP contribution in [0.5, 0.6) is 0 Å². The molecule has 0 N–H and O–H groups in total. The zero-order chi connectivity index (χ0) is 20.4. The van der Waals surface area contributed by atoms with Crippen molar-refractivity contribution in [2.45, 2.75) is 17.6 Å². The Morgan fingerprint density at radius 3 is 2.79 bits per heavy atom. The van der Waals surface area contributed by atoms with Crippen LogP contribution in [0.2, 0.25) is 0 Å². The average Bonchev–Trinajstić information content (AvgIpc) is 2.74. The zero-order valence-corrected chi connectivity index (χ0v) is 17.4. The maximum absolute atomic E-state index is 13.0. The van der Waals surface area contributed by atoms with Crippen molar-refractivity contribution in [3.05, 3.63) is 76.0 Å². The van der Waals surface area contributed by atoms with Crippen molar-refractivity contribution in [1.29, 1.82) is 5.26 Å². The average molecular weight is 421 g/mol. The normalized spacial score (nSPS) is 12.9. The fourth-order valence-corrected chi connectivity index (χ4v) is 5.00. The monoisotopic (exact) mass is 420 g/mol. The number of thioether (sulfide) groups is 2. The number of fused-ring (bicyclic) bond motifs is 1. The number of rotatable bonds is 3. The Labute approximate surface area is 176 Å². The first-order valence-corrected chi connectivity index (χ1v) is 10.5. The predicted molar refractivity (Wildman–Crippen MR) is 117 cm³/mol. The molecule has 0 amide bonds. The van der Waals surface area contributed by atoms with E-state index in [2.05, 4.69) is 21.3 Å². The first kappa shape index (κ1) is 19.2. The summed E-state index contributed by atoms with van der Waals surface area (Å²) in [6.07, 6.45) is 4.89. The maximum Gasteiger partial charge on any atom is 0.287 e. The van der Waals surface area contributed by atoms with Crippen LogP contribution in [0.3, 0.4) is 0 Å². The van der Waals surface area contributed by atoms with E-state index in [1.54, 1.807) is 42.8 Å². The van der Waals surface area contributed by atoms with Gasteiger partial charge in [-0.15, -0.1) is 0 Å². The summed E-state index contributed by atoms with van der Waals surface area (Å²) in [5, 5.41) is 19.9. The number of aromatic nitrogens is 3. The summed E-state index contributed by atoms with van der Waals surface area (Å²) >= 11 is 2.84. The first-order chi connectivity index (χ1) is 14.1. The Kier molecular flexibility index (Phi) is 5.38. The van der Waals surface area contributed by atoms with Crippen molar-refractivity contribution in [1.82, 2.24) is 14.8 Å². The summed E-state index contributed by atoms with van der Waals surface area (Å²) in [6, 6.07) is 11.6. The Balaban J connectivity index is 1.60. The topological polar surface area (TPSA) is 87.2 Å². The van der Waals surface area contributed by atoms with E-state index in [-0.39, 0.29) is 5.56 Å². The molecule has 3 aromatic rings. The van der Waals surface area contributed by atoms with Gasteiger partial charge in [0.25, 0.3) is 5.56 Å². The van der Waals surface area contributed by atoms with E-state index in [0.29, 0.717) is 27.6 Å².